The molecule has 0 saturated carbocycles. The third-order valence-electron chi connectivity index (χ3n) is 2.85. The second-order valence-corrected chi connectivity index (χ2v) is 5.74. The Bertz CT molecular complexity index is 543. The van der Waals surface area contributed by atoms with Crippen molar-refractivity contribution in [3.8, 4) is 0 Å². The summed E-state index contributed by atoms with van der Waals surface area (Å²) in [6.07, 6.45) is 0. The number of hydrogen-bond donors (Lipinski definition) is 2. The van der Waals surface area contributed by atoms with Crippen LogP contribution in [-0.4, -0.2) is 46.1 Å². The van der Waals surface area contributed by atoms with Gasteiger partial charge in [-0.25, -0.2) is 14.0 Å². The molecule has 108 valence electrons. The van der Waals surface area contributed by atoms with Crippen LogP contribution in [0.25, 0.3) is 0 Å². The van der Waals surface area contributed by atoms with E-state index in [1.807, 2.05) is 0 Å². The number of hydrogen-bond acceptors (Lipinski definition) is 3. The lowest BCUT2D eigenvalue weighted by molar-refractivity contribution is -0.141. The molecule has 1 aromatic rings. The Morgan fingerprint density at radius 1 is 1.50 bits per heavy atom. The zero-order valence-electron chi connectivity index (χ0n) is 10.3. The fourth-order valence-corrected chi connectivity index (χ4v) is 2.98. The van der Waals surface area contributed by atoms with Crippen LogP contribution in [0.3, 0.4) is 0 Å². The van der Waals surface area contributed by atoms with E-state index in [-0.39, 0.29) is 10.7 Å². The second kappa shape index (κ2) is 6.32. The fourth-order valence-electron chi connectivity index (χ4n) is 1.82. The number of rotatable bonds is 2. The van der Waals surface area contributed by atoms with E-state index >= 15 is 0 Å². The molecule has 8 heteroatoms. The predicted octanol–water partition coefficient (Wildman–Crippen LogP) is 2.51. The van der Waals surface area contributed by atoms with E-state index in [1.165, 1.54) is 28.8 Å². The number of carbonyl (C=O) groups is 2. The van der Waals surface area contributed by atoms with E-state index < -0.39 is 23.9 Å². The number of carboxylic acids is 1. The van der Waals surface area contributed by atoms with Crippen LogP contribution in [0.1, 0.15) is 0 Å². The van der Waals surface area contributed by atoms with Gasteiger partial charge in [-0.3, -0.25) is 0 Å². The van der Waals surface area contributed by atoms with E-state index in [0.717, 1.165) is 6.07 Å². The van der Waals surface area contributed by atoms with E-state index in [1.54, 1.807) is 0 Å². The molecule has 0 radical (unpaired) electrons. The Labute approximate surface area is 124 Å². The molecule has 5 nitrogen and oxygen atoms in total. The van der Waals surface area contributed by atoms with Gasteiger partial charge >= 0.3 is 12.0 Å². The number of aliphatic carboxylic acids is 1. The zero-order chi connectivity index (χ0) is 14.7. The lowest BCUT2D eigenvalue weighted by atomic mass is 10.2. The van der Waals surface area contributed by atoms with Gasteiger partial charge in [-0.1, -0.05) is 11.6 Å². The molecule has 2 amide bonds. The van der Waals surface area contributed by atoms with E-state index in [0.29, 0.717) is 18.1 Å². The topological polar surface area (TPSA) is 69.6 Å². The maximum absolute atomic E-state index is 13.3. The van der Waals surface area contributed by atoms with Crippen molar-refractivity contribution in [2.24, 2.45) is 0 Å². The first kappa shape index (κ1) is 14.9. The summed E-state index contributed by atoms with van der Waals surface area (Å²) >= 11 is 7.04. The van der Waals surface area contributed by atoms with Gasteiger partial charge in [-0.2, -0.15) is 11.8 Å². The predicted molar refractivity (Wildman–Crippen MR) is 75.9 cm³/mol. The van der Waals surface area contributed by atoms with Crippen molar-refractivity contribution >= 4 is 41.1 Å². The van der Waals surface area contributed by atoms with Crippen molar-refractivity contribution in [1.82, 2.24) is 4.90 Å². The van der Waals surface area contributed by atoms with Gasteiger partial charge in [0.2, 0.25) is 0 Å². The van der Waals surface area contributed by atoms with Gasteiger partial charge < -0.3 is 15.3 Å². The molecule has 0 bridgehead atoms. The minimum absolute atomic E-state index is 0.0409. The monoisotopic (exact) mass is 318 g/mol. The van der Waals surface area contributed by atoms with Crippen LogP contribution in [0.4, 0.5) is 14.9 Å². The lowest BCUT2D eigenvalue weighted by Gasteiger charge is -2.32. The molecule has 1 saturated heterocycles. The van der Waals surface area contributed by atoms with Crippen LogP contribution in [0.2, 0.25) is 5.02 Å². The molecular formula is C12H12ClFN2O3S. The molecule has 2 N–H and O–H groups in total. The number of amides is 2. The van der Waals surface area contributed by atoms with Gasteiger partial charge in [0.15, 0.2) is 0 Å². The van der Waals surface area contributed by atoms with Gasteiger partial charge in [-0.05, 0) is 18.2 Å². The van der Waals surface area contributed by atoms with Gasteiger partial charge in [0.05, 0.1) is 5.02 Å². The third kappa shape index (κ3) is 3.34. The third-order valence-corrected chi connectivity index (χ3v) is 4.17. The summed E-state index contributed by atoms with van der Waals surface area (Å²) in [6, 6.07) is 2.45. The minimum Gasteiger partial charge on any atom is -0.480 e. The first-order valence-corrected chi connectivity index (χ1v) is 7.35. The molecule has 20 heavy (non-hydrogen) atoms. The molecule has 0 aliphatic carbocycles. The van der Waals surface area contributed by atoms with Crippen LogP contribution >= 0.6 is 23.4 Å². The number of thioether (sulfide) groups is 1. The molecular weight excluding hydrogens is 307 g/mol. The van der Waals surface area contributed by atoms with Gasteiger partial charge in [0.1, 0.15) is 11.9 Å². The molecule has 1 aromatic carbocycles. The van der Waals surface area contributed by atoms with Gasteiger partial charge in [-0.15, -0.1) is 0 Å². The average molecular weight is 319 g/mol. The zero-order valence-corrected chi connectivity index (χ0v) is 11.9. The molecule has 1 fully saturated rings. The van der Waals surface area contributed by atoms with E-state index in [2.05, 4.69) is 5.32 Å². The van der Waals surface area contributed by atoms with E-state index in [9.17, 15) is 14.0 Å². The number of anilines is 1. The summed E-state index contributed by atoms with van der Waals surface area (Å²) in [5.74, 6) is -0.674. The Morgan fingerprint density at radius 2 is 2.25 bits per heavy atom. The molecule has 1 heterocycles. The maximum atomic E-state index is 13.3. The quantitative estimate of drug-likeness (QED) is 0.879. The second-order valence-electron chi connectivity index (χ2n) is 4.18. The van der Waals surface area contributed by atoms with Crippen molar-refractivity contribution in [3.63, 3.8) is 0 Å². The summed E-state index contributed by atoms with van der Waals surface area (Å²) in [5.41, 5.74) is 0.235. The van der Waals surface area contributed by atoms with Crippen molar-refractivity contribution in [2.45, 2.75) is 6.04 Å². The highest BCUT2D eigenvalue weighted by molar-refractivity contribution is 7.99. The summed E-state index contributed by atoms with van der Waals surface area (Å²) in [4.78, 5) is 24.4. The molecule has 0 aromatic heterocycles. The van der Waals surface area contributed by atoms with E-state index in [4.69, 9.17) is 16.7 Å². The fraction of sp³-hybridized carbons (Fsp3) is 0.333. The maximum Gasteiger partial charge on any atom is 0.327 e. The van der Waals surface area contributed by atoms with Crippen LogP contribution < -0.4 is 5.32 Å². The van der Waals surface area contributed by atoms with Crippen LogP contribution in [0.5, 0.6) is 0 Å². The highest BCUT2D eigenvalue weighted by atomic mass is 35.5. The Hall–Kier alpha value is -1.47. The normalized spacial score (nSPS) is 18.7. The molecule has 1 aliphatic rings. The number of halogens is 2. The lowest BCUT2D eigenvalue weighted by Crippen LogP contribution is -2.51. The number of urea groups is 1. The Kier molecular flexibility index (Phi) is 4.72. The summed E-state index contributed by atoms with van der Waals surface area (Å²) in [6.45, 7) is 0.337. The number of carbonyl (C=O) groups excluding carboxylic acids is 1. The molecule has 2 rings (SSSR count). The van der Waals surface area contributed by atoms with Crippen LogP contribution in [0.15, 0.2) is 18.2 Å². The smallest absolute Gasteiger partial charge is 0.327 e. The van der Waals surface area contributed by atoms with Gasteiger partial charge in [0.25, 0.3) is 0 Å². The Balaban J connectivity index is 2.09. The molecule has 1 unspecified atom stereocenters. The Morgan fingerprint density at radius 3 is 2.90 bits per heavy atom. The average Bonchev–Trinajstić information content (AvgIpc) is 2.43. The van der Waals surface area contributed by atoms with Crippen molar-refractivity contribution in [2.75, 3.05) is 23.4 Å². The molecule has 0 spiro atoms. The van der Waals surface area contributed by atoms with Crippen molar-refractivity contribution in [1.29, 1.82) is 0 Å². The first-order chi connectivity index (χ1) is 9.49. The largest absolute Gasteiger partial charge is 0.480 e. The van der Waals surface area contributed by atoms with Crippen molar-refractivity contribution in [3.05, 3.63) is 29.0 Å². The van der Waals surface area contributed by atoms with Crippen molar-refractivity contribution < 1.29 is 19.1 Å². The van der Waals surface area contributed by atoms with Crippen LogP contribution in [0, 0.1) is 5.82 Å². The number of carboxylic acid groups (broad SMARTS) is 1. The highest BCUT2D eigenvalue weighted by Gasteiger charge is 2.32. The highest BCUT2D eigenvalue weighted by Crippen LogP contribution is 2.21. The first-order valence-electron chi connectivity index (χ1n) is 5.82. The standard InChI is InChI=1S/C12H12ClFN2O3S/c13-8-2-1-7(5-9(8)14)15-12(19)16-3-4-20-6-10(16)11(17)18/h1-2,5,10H,3-4,6H2,(H,15,19)(H,17,18). The summed E-state index contributed by atoms with van der Waals surface area (Å²) < 4.78 is 13.3. The minimum atomic E-state index is -1.05. The number of benzene rings is 1. The summed E-state index contributed by atoms with van der Waals surface area (Å²) in [7, 11) is 0. The summed E-state index contributed by atoms with van der Waals surface area (Å²) in [5, 5.41) is 11.5. The number of nitrogens with one attached hydrogen (secondary N) is 1. The molecule has 1 aliphatic heterocycles. The number of nitrogens with zero attached hydrogens (tertiary/aromatic N) is 1. The van der Waals surface area contributed by atoms with Gasteiger partial charge in [0, 0.05) is 23.7 Å². The SMILES string of the molecule is O=C(O)C1CSCCN1C(=O)Nc1ccc(Cl)c(F)c1. The molecule has 1 atom stereocenters. The van der Waals surface area contributed by atoms with Crippen LogP contribution in [-0.2, 0) is 4.79 Å².